The fourth-order valence-corrected chi connectivity index (χ4v) is 3.41. The number of benzene rings is 1. The molecule has 1 aliphatic carbocycles. The predicted molar refractivity (Wildman–Crippen MR) is 82.9 cm³/mol. The molecule has 3 rings (SSSR count). The van der Waals surface area contributed by atoms with Gasteiger partial charge in [-0.2, -0.15) is 0 Å². The van der Waals surface area contributed by atoms with Gasteiger partial charge in [-0.05, 0) is 42.9 Å². The lowest BCUT2D eigenvalue weighted by Crippen LogP contribution is -2.48. The van der Waals surface area contributed by atoms with Gasteiger partial charge in [-0.3, -0.25) is 4.90 Å². The van der Waals surface area contributed by atoms with Crippen LogP contribution >= 0.6 is 12.4 Å². The first kappa shape index (κ1) is 15.7. The first-order valence-corrected chi connectivity index (χ1v) is 7.47. The van der Waals surface area contributed by atoms with Crippen molar-refractivity contribution in [2.24, 2.45) is 5.92 Å². The zero-order valence-corrected chi connectivity index (χ0v) is 12.9. The summed E-state index contributed by atoms with van der Waals surface area (Å²) in [5.41, 5.74) is 2.06. The van der Waals surface area contributed by atoms with Crippen LogP contribution in [0.25, 0.3) is 0 Å². The van der Waals surface area contributed by atoms with E-state index in [1.165, 1.54) is 24.8 Å². The molecule has 0 bridgehead atoms. The molecule has 1 aromatic rings. The van der Waals surface area contributed by atoms with Crippen LogP contribution in [-0.2, 0) is 0 Å². The largest absolute Gasteiger partial charge is 0.314 e. The molecule has 4 heteroatoms. The number of halogens is 2. The number of nitrogens with one attached hydrogen (secondary N) is 1. The molecule has 2 fully saturated rings. The second-order valence-electron chi connectivity index (χ2n) is 5.88. The van der Waals surface area contributed by atoms with Crippen molar-refractivity contribution in [3.63, 3.8) is 0 Å². The maximum Gasteiger partial charge on any atom is 0.126 e. The number of hydrogen-bond donors (Lipinski definition) is 1. The lowest BCUT2D eigenvalue weighted by Gasteiger charge is -2.43. The van der Waals surface area contributed by atoms with Gasteiger partial charge in [-0.1, -0.05) is 18.6 Å². The summed E-state index contributed by atoms with van der Waals surface area (Å²) in [7, 11) is 0. The van der Waals surface area contributed by atoms with E-state index in [2.05, 4.69) is 16.3 Å². The molecule has 112 valence electrons. The molecule has 2 nitrogen and oxygen atoms in total. The van der Waals surface area contributed by atoms with E-state index in [0.29, 0.717) is 6.04 Å². The van der Waals surface area contributed by atoms with Gasteiger partial charge in [0.05, 0.1) is 0 Å². The van der Waals surface area contributed by atoms with Crippen molar-refractivity contribution in [3.05, 3.63) is 35.1 Å². The van der Waals surface area contributed by atoms with Gasteiger partial charge >= 0.3 is 0 Å². The summed E-state index contributed by atoms with van der Waals surface area (Å²) in [6.07, 6.45) is 3.93. The molecular formula is C16H24ClFN2. The minimum Gasteiger partial charge on any atom is -0.314 e. The first-order chi connectivity index (χ1) is 9.27. The summed E-state index contributed by atoms with van der Waals surface area (Å²) >= 11 is 0. The van der Waals surface area contributed by atoms with Gasteiger partial charge in [-0.25, -0.2) is 4.39 Å². The Hall–Kier alpha value is -0.640. The normalized spacial score (nSPS) is 21.9. The Labute approximate surface area is 127 Å². The highest BCUT2D eigenvalue weighted by Crippen LogP contribution is 2.42. The van der Waals surface area contributed by atoms with E-state index < -0.39 is 0 Å². The third kappa shape index (κ3) is 3.00. The number of hydrogen-bond acceptors (Lipinski definition) is 2. The van der Waals surface area contributed by atoms with Gasteiger partial charge in [0.15, 0.2) is 0 Å². The molecule has 1 aromatic carbocycles. The van der Waals surface area contributed by atoms with E-state index in [9.17, 15) is 4.39 Å². The highest BCUT2D eigenvalue weighted by Gasteiger charge is 2.34. The maximum atomic E-state index is 13.9. The van der Waals surface area contributed by atoms with Crippen LogP contribution in [0.15, 0.2) is 18.2 Å². The van der Waals surface area contributed by atoms with Crippen LogP contribution in [0.1, 0.15) is 36.4 Å². The topological polar surface area (TPSA) is 15.3 Å². The lowest BCUT2D eigenvalue weighted by molar-refractivity contribution is 0.0830. The Morgan fingerprint density at radius 3 is 2.55 bits per heavy atom. The summed E-state index contributed by atoms with van der Waals surface area (Å²) in [4.78, 5) is 2.56. The van der Waals surface area contributed by atoms with E-state index >= 15 is 0 Å². The van der Waals surface area contributed by atoms with Crippen molar-refractivity contribution >= 4 is 12.4 Å². The van der Waals surface area contributed by atoms with Crippen LogP contribution < -0.4 is 5.32 Å². The maximum absolute atomic E-state index is 13.9. The molecule has 1 saturated carbocycles. The molecule has 20 heavy (non-hydrogen) atoms. The van der Waals surface area contributed by atoms with Crippen molar-refractivity contribution in [1.82, 2.24) is 10.2 Å². The van der Waals surface area contributed by atoms with Crippen molar-refractivity contribution < 1.29 is 4.39 Å². The molecule has 1 heterocycles. The van der Waals surface area contributed by atoms with Crippen LogP contribution in [0, 0.1) is 18.7 Å². The molecule has 0 aromatic heterocycles. The summed E-state index contributed by atoms with van der Waals surface area (Å²) < 4.78 is 13.9. The third-order valence-corrected chi connectivity index (χ3v) is 4.77. The third-order valence-electron chi connectivity index (χ3n) is 4.77. The molecular weight excluding hydrogens is 275 g/mol. The number of rotatable bonds is 3. The van der Waals surface area contributed by atoms with E-state index in [-0.39, 0.29) is 18.2 Å². The van der Waals surface area contributed by atoms with E-state index in [1.54, 1.807) is 6.07 Å². The summed E-state index contributed by atoms with van der Waals surface area (Å²) in [5, 5.41) is 3.41. The molecule has 0 spiro atoms. The van der Waals surface area contributed by atoms with Gasteiger partial charge in [0.25, 0.3) is 0 Å². The number of nitrogens with zero attached hydrogens (tertiary/aromatic N) is 1. The second kappa shape index (κ2) is 6.88. The summed E-state index contributed by atoms with van der Waals surface area (Å²) in [6.45, 7) is 6.20. The SMILES string of the molecule is Cc1c(F)cccc1[C@H](C1CCC1)N1CCNCC1.Cl. The van der Waals surface area contributed by atoms with Crippen LogP contribution in [0.2, 0.25) is 0 Å². The van der Waals surface area contributed by atoms with E-state index in [4.69, 9.17) is 0 Å². The van der Waals surface area contributed by atoms with Crippen LogP contribution in [0.5, 0.6) is 0 Å². The van der Waals surface area contributed by atoms with Gasteiger partial charge in [0.1, 0.15) is 5.82 Å². The van der Waals surface area contributed by atoms with Crippen LogP contribution in [0.4, 0.5) is 4.39 Å². The van der Waals surface area contributed by atoms with Crippen molar-refractivity contribution in [2.45, 2.75) is 32.2 Å². The molecule has 0 radical (unpaired) electrons. The zero-order chi connectivity index (χ0) is 13.2. The zero-order valence-electron chi connectivity index (χ0n) is 12.1. The van der Waals surface area contributed by atoms with Crippen molar-refractivity contribution in [3.8, 4) is 0 Å². The predicted octanol–water partition coefficient (Wildman–Crippen LogP) is 3.30. The Morgan fingerprint density at radius 2 is 1.95 bits per heavy atom. The monoisotopic (exact) mass is 298 g/mol. The molecule has 1 aliphatic heterocycles. The first-order valence-electron chi connectivity index (χ1n) is 7.47. The van der Waals surface area contributed by atoms with Crippen molar-refractivity contribution in [1.29, 1.82) is 0 Å². The Kier molecular flexibility index (Phi) is 5.42. The summed E-state index contributed by atoms with van der Waals surface area (Å²) in [6, 6.07) is 6.00. The van der Waals surface area contributed by atoms with Gasteiger partial charge < -0.3 is 5.32 Å². The van der Waals surface area contributed by atoms with Crippen LogP contribution in [0.3, 0.4) is 0 Å². The summed E-state index contributed by atoms with van der Waals surface area (Å²) in [5.74, 6) is 0.663. The fraction of sp³-hybridized carbons (Fsp3) is 0.625. The van der Waals surface area contributed by atoms with E-state index in [1.807, 2.05) is 13.0 Å². The lowest BCUT2D eigenvalue weighted by atomic mass is 9.75. The standard InChI is InChI=1S/C16H23FN2.ClH/c1-12-14(6-3-7-15(12)17)16(13-4-2-5-13)19-10-8-18-9-11-19;/h3,6-7,13,16,18H,2,4-5,8-11H2,1H3;1H/t16-;/m0./s1. The number of piperazine rings is 1. The van der Waals surface area contributed by atoms with Crippen LogP contribution in [-0.4, -0.2) is 31.1 Å². The average Bonchev–Trinajstić information content (AvgIpc) is 2.38. The van der Waals surface area contributed by atoms with Gasteiger partial charge in [-0.15, -0.1) is 12.4 Å². The highest BCUT2D eigenvalue weighted by atomic mass is 35.5. The molecule has 0 amide bonds. The average molecular weight is 299 g/mol. The molecule has 1 saturated heterocycles. The van der Waals surface area contributed by atoms with E-state index in [0.717, 1.165) is 37.7 Å². The fourth-order valence-electron chi connectivity index (χ4n) is 3.41. The quantitative estimate of drug-likeness (QED) is 0.921. The molecule has 0 unspecified atom stereocenters. The minimum atomic E-state index is -0.0584. The molecule has 2 aliphatic rings. The van der Waals surface area contributed by atoms with Gasteiger partial charge in [0.2, 0.25) is 0 Å². The smallest absolute Gasteiger partial charge is 0.126 e. The Morgan fingerprint density at radius 1 is 1.25 bits per heavy atom. The Bertz CT molecular complexity index is 442. The highest BCUT2D eigenvalue weighted by molar-refractivity contribution is 5.85. The minimum absolute atomic E-state index is 0. The van der Waals surface area contributed by atoms with Crippen molar-refractivity contribution in [2.75, 3.05) is 26.2 Å². The Balaban J connectivity index is 0.00000147. The van der Waals surface area contributed by atoms with Gasteiger partial charge in [0, 0.05) is 32.2 Å². The molecule has 1 atom stereocenters. The molecule has 1 N–H and O–H groups in total. The second-order valence-corrected chi connectivity index (χ2v) is 5.88.